The maximum Gasteiger partial charge on any atom is 0.243 e. The van der Waals surface area contributed by atoms with Crippen molar-refractivity contribution in [1.29, 1.82) is 0 Å². The van der Waals surface area contributed by atoms with Gasteiger partial charge in [0.2, 0.25) is 29.5 Å². The second-order valence-corrected chi connectivity index (χ2v) is 14.1. The van der Waals surface area contributed by atoms with Crippen molar-refractivity contribution in [2.24, 2.45) is 11.7 Å². The first-order chi connectivity index (χ1) is 26.6. The lowest BCUT2D eigenvalue weighted by Gasteiger charge is -2.30. The minimum Gasteiger partial charge on any atom is -0.469 e. The fourth-order valence-electron chi connectivity index (χ4n) is 6.71. The number of furan rings is 1. The zero-order valence-electron chi connectivity index (χ0n) is 32.0. The Balaban J connectivity index is 1.37. The van der Waals surface area contributed by atoms with Crippen molar-refractivity contribution in [3.05, 3.63) is 94.9 Å². The Hall–Kier alpha value is -5.05. The van der Waals surface area contributed by atoms with Crippen LogP contribution in [0.1, 0.15) is 67.5 Å². The second-order valence-electron chi connectivity index (χ2n) is 14.1. The molecule has 14 heteroatoms. The fourth-order valence-corrected chi connectivity index (χ4v) is 6.71. The molecule has 4 rings (SSSR count). The van der Waals surface area contributed by atoms with Crippen molar-refractivity contribution < 1.29 is 33.1 Å². The highest BCUT2D eigenvalue weighted by Crippen LogP contribution is 2.24. The van der Waals surface area contributed by atoms with E-state index in [0.717, 1.165) is 47.9 Å². The van der Waals surface area contributed by atoms with Gasteiger partial charge in [-0.25, -0.2) is 0 Å². The molecule has 2 aromatic carbocycles. The molecule has 298 valence electrons. The molecule has 0 bridgehead atoms. The first-order valence-corrected chi connectivity index (χ1v) is 19.1. The van der Waals surface area contributed by atoms with E-state index < -0.39 is 12.1 Å². The average molecular weight is 760 g/mol. The van der Waals surface area contributed by atoms with Crippen LogP contribution in [-0.2, 0) is 61.1 Å². The van der Waals surface area contributed by atoms with Gasteiger partial charge in [-0.1, -0.05) is 48.5 Å². The van der Waals surface area contributed by atoms with E-state index in [-0.39, 0.29) is 68.1 Å². The van der Waals surface area contributed by atoms with E-state index in [9.17, 15) is 24.0 Å². The molecule has 1 aliphatic carbocycles. The van der Waals surface area contributed by atoms with Gasteiger partial charge in [0.25, 0.3) is 0 Å². The molecular formula is C41H57N7O7. The van der Waals surface area contributed by atoms with E-state index >= 15 is 0 Å². The summed E-state index contributed by atoms with van der Waals surface area (Å²) in [7, 11) is 0. The van der Waals surface area contributed by atoms with Crippen LogP contribution in [0.4, 0.5) is 0 Å². The van der Waals surface area contributed by atoms with Crippen molar-refractivity contribution in [1.82, 2.24) is 31.9 Å². The molecule has 14 nitrogen and oxygen atoms in total. The number of ether oxygens (including phenoxy) is 1. The molecule has 5 amide bonds. The van der Waals surface area contributed by atoms with Crippen LogP contribution in [0.25, 0.3) is 0 Å². The van der Waals surface area contributed by atoms with Crippen LogP contribution in [-0.4, -0.2) is 80.5 Å². The third-order valence-electron chi connectivity index (χ3n) is 9.56. The van der Waals surface area contributed by atoms with Gasteiger partial charge in [-0.3, -0.25) is 24.0 Å². The third kappa shape index (κ3) is 15.7. The molecule has 3 aromatic rings. The number of carbonyl (C=O) groups excluding carboxylic acids is 5. The van der Waals surface area contributed by atoms with E-state index in [0.29, 0.717) is 44.3 Å². The average Bonchev–Trinajstić information content (AvgIpc) is 3.68. The number of hydrogen-bond acceptors (Lipinski definition) is 9. The molecule has 8 N–H and O–H groups in total. The van der Waals surface area contributed by atoms with Crippen LogP contribution in [0.15, 0.2) is 71.3 Å². The van der Waals surface area contributed by atoms with Gasteiger partial charge in [-0.05, 0) is 72.5 Å². The molecule has 1 heterocycles. The molecular weight excluding hydrogens is 702 g/mol. The summed E-state index contributed by atoms with van der Waals surface area (Å²) in [5.74, 6) is 0.0401. The van der Waals surface area contributed by atoms with Gasteiger partial charge in [0, 0.05) is 58.9 Å². The summed E-state index contributed by atoms with van der Waals surface area (Å²) in [4.78, 5) is 63.5. The Morgan fingerprint density at radius 3 is 2.24 bits per heavy atom. The van der Waals surface area contributed by atoms with E-state index in [1.807, 2.05) is 54.6 Å². The summed E-state index contributed by atoms with van der Waals surface area (Å²) < 4.78 is 11.0. The molecule has 0 radical (unpaired) electrons. The van der Waals surface area contributed by atoms with Crippen molar-refractivity contribution in [2.45, 2.75) is 90.0 Å². The fraction of sp³-hybridized carbons (Fsp3) is 0.488. The zero-order valence-corrected chi connectivity index (χ0v) is 32.0. The van der Waals surface area contributed by atoms with Gasteiger partial charge in [0.1, 0.15) is 11.8 Å². The van der Waals surface area contributed by atoms with Gasteiger partial charge in [0.15, 0.2) is 0 Å². The van der Waals surface area contributed by atoms with Gasteiger partial charge in [0.05, 0.1) is 31.9 Å². The van der Waals surface area contributed by atoms with Crippen LogP contribution in [0.3, 0.4) is 0 Å². The number of amides is 5. The van der Waals surface area contributed by atoms with Crippen LogP contribution in [0, 0.1) is 5.92 Å². The van der Waals surface area contributed by atoms with Crippen molar-refractivity contribution in [3.63, 3.8) is 0 Å². The summed E-state index contributed by atoms with van der Waals surface area (Å²) in [5.41, 5.74) is 8.68. The molecule has 1 aromatic heterocycles. The van der Waals surface area contributed by atoms with Crippen molar-refractivity contribution >= 4 is 29.5 Å². The zero-order chi connectivity index (χ0) is 39.4. The van der Waals surface area contributed by atoms with Gasteiger partial charge in [-0.2, -0.15) is 0 Å². The minimum absolute atomic E-state index is 0.00671. The van der Waals surface area contributed by atoms with E-state index in [1.165, 1.54) is 6.92 Å². The van der Waals surface area contributed by atoms with E-state index in [2.05, 4.69) is 31.9 Å². The van der Waals surface area contributed by atoms with Crippen molar-refractivity contribution in [2.75, 3.05) is 32.8 Å². The van der Waals surface area contributed by atoms with Crippen LogP contribution in [0.2, 0.25) is 0 Å². The molecule has 0 saturated heterocycles. The summed E-state index contributed by atoms with van der Waals surface area (Å²) in [5, 5.41) is 18.1. The first-order valence-electron chi connectivity index (χ1n) is 19.1. The largest absolute Gasteiger partial charge is 0.469 e. The highest BCUT2D eigenvalue weighted by Gasteiger charge is 2.26. The molecule has 0 spiro atoms. The minimum atomic E-state index is -0.876. The number of carbonyl (C=O) groups is 5. The van der Waals surface area contributed by atoms with Crippen LogP contribution in [0.5, 0.6) is 0 Å². The maximum absolute atomic E-state index is 13.6. The standard InChI is InChI=1S/C41H57N7O7/c1-28(49)44-26-32-8-5-7-31(21-32)22-38(41(53)43-17-20-54-19-16-42)48-39(51)23-33-9-3-4-10-34(33)27-46-40(52)37(24-36-11-6-18-55-36)45-25-30-12-14-35(15-13-30)47-29(2)50/h3-11,18,21,30,35,37-38,45H,12-17,19-20,22-27,42H2,1-2H3,(H,43,53)(H,44,49)(H,46,52)(H,47,50)(H,48,51)/t30-,35+,37-,38-/m0/s1. The molecule has 0 aliphatic heterocycles. The summed E-state index contributed by atoms with van der Waals surface area (Å²) in [6.07, 6.45) is 5.93. The number of nitrogens with one attached hydrogen (secondary N) is 6. The summed E-state index contributed by atoms with van der Waals surface area (Å²) in [6, 6.07) is 17.3. The topological polar surface area (TPSA) is 206 Å². The Bertz CT molecular complexity index is 1670. The van der Waals surface area contributed by atoms with Gasteiger partial charge in [-0.15, -0.1) is 0 Å². The van der Waals surface area contributed by atoms with Crippen LogP contribution >= 0.6 is 0 Å². The predicted octanol–water partition coefficient (Wildman–Crippen LogP) is 1.79. The Labute approximate surface area is 323 Å². The lowest BCUT2D eigenvalue weighted by atomic mass is 9.85. The lowest BCUT2D eigenvalue weighted by Crippen LogP contribution is -2.49. The van der Waals surface area contributed by atoms with E-state index in [4.69, 9.17) is 14.9 Å². The molecule has 2 atom stereocenters. The molecule has 0 unspecified atom stereocenters. The number of benzene rings is 2. The van der Waals surface area contributed by atoms with Gasteiger partial charge < -0.3 is 46.8 Å². The maximum atomic E-state index is 13.6. The smallest absolute Gasteiger partial charge is 0.243 e. The SMILES string of the molecule is CC(=O)NCc1cccc(C[C@H](NC(=O)Cc2ccccc2CNC(=O)[C@H](Cc2ccco2)NC[C@H]2CC[C@@H](NC(C)=O)CC2)C(=O)NCCOCCN)c1. The molecule has 1 saturated carbocycles. The summed E-state index contributed by atoms with van der Waals surface area (Å²) >= 11 is 0. The molecule has 55 heavy (non-hydrogen) atoms. The van der Waals surface area contributed by atoms with Crippen LogP contribution < -0.4 is 37.6 Å². The number of hydrogen-bond donors (Lipinski definition) is 7. The quantitative estimate of drug-likeness (QED) is 0.0745. The first kappa shape index (κ1) is 42.7. The monoisotopic (exact) mass is 759 g/mol. The summed E-state index contributed by atoms with van der Waals surface area (Å²) in [6.45, 7) is 5.50. The van der Waals surface area contributed by atoms with Gasteiger partial charge >= 0.3 is 0 Å². The Kier molecular flexibility index (Phi) is 17.9. The Morgan fingerprint density at radius 2 is 1.53 bits per heavy atom. The van der Waals surface area contributed by atoms with E-state index in [1.54, 1.807) is 19.3 Å². The molecule has 1 aliphatic rings. The second kappa shape index (κ2) is 23.0. The molecule has 1 fully saturated rings. The highest BCUT2D eigenvalue weighted by atomic mass is 16.5. The Morgan fingerprint density at radius 1 is 0.782 bits per heavy atom. The predicted molar refractivity (Wildman–Crippen MR) is 208 cm³/mol. The van der Waals surface area contributed by atoms with Crippen molar-refractivity contribution in [3.8, 4) is 0 Å². The number of nitrogens with two attached hydrogens (primary N) is 1. The number of rotatable bonds is 22. The third-order valence-corrected chi connectivity index (χ3v) is 9.56. The lowest BCUT2D eigenvalue weighted by molar-refractivity contribution is -0.128. The normalized spacial score (nSPS) is 16.3. The highest BCUT2D eigenvalue weighted by molar-refractivity contribution is 5.89.